The highest BCUT2D eigenvalue weighted by Gasteiger charge is 2.02. The molecule has 0 fully saturated rings. The number of halogens is 1. The van der Waals surface area contributed by atoms with Crippen LogP contribution in [-0.4, -0.2) is 11.0 Å². The van der Waals surface area contributed by atoms with Gasteiger partial charge >= 0.3 is 6.03 Å². The summed E-state index contributed by atoms with van der Waals surface area (Å²) in [6.45, 7) is 1.94. The molecule has 1 aromatic heterocycles. The minimum atomic E-state index is -0.339. The molecule has 0 aliphatic carbocycles. The second-order valence-corrected chi connectivity index (χ2v) is 4.24. The van der Waals surface area contributed by atoms with Gasteiger partial charge in [-0.05, 0) is 42.8 Å². The van der Waals surface area contributed by atoms with Crippen molar-refractivity contribution in [3.8, 4) is 0 Å². The normalized spacial score (nSPS) is 9.89. The fraction of sp³-hybridized carbons (Fsp3) is 0.0769. The molecule has 5 heteroatoms. The number of rotatable bonds is 2. The number of anilines is 2. The highest BCUT2D eigenvalue weighted by Crippen LogP contribution is 2.13. The van der Waals surface area contributed by atoms with E-state index in [4.69, 9.17) is 11.6 Å². The van der Waals surface area contributed by atoms with Crippen molar-refractivity contribution < 1.29 is 4.79 Å². The Morgan fingerprint density at radius 2 is 1.83 bits per heavy atom. The first kappa shape index (κ1) is 12.4. The van der Waals surface area contributed by atoms with E-state index < -0.39 is 0 Å². The summed E-state index contributed by atoms with van der Waals surface area (Å²) < 4.78 is 0. The van der Waals surface area contributed by atoms with E-state index in [1.165, 1.54) is 0 Å². The van der Waals surface area contributed by atoms with Gasteiger partial charge in [-0.25, -0.2) is 9.78 Å². The van der Waals surface area contributed by atoms with Crippen molar-refractivity contribution in [2.75, 3.05) is 10.6 Å². The van der Waals surface area contributed by atoms with Crippen LogP contribution in [0, 0.1) is 6.92 Å². The zero-order valence-corrected chi connectivity index (χ0v) is 10.5. The molecule has 0 aliphatic heterocycles. The Morgan fingerprint density at radius 3 is 2.44 bits per heavy atom. The van der Waals surface area contributed by atoms with Crippen LogP contribution in [0.2, 0.25) is 5.02 Å². The fourth-order valence-electron chi connectivity index (χ4n) is 1.35. The minimum Gasteiger partial charge on any atom is -0.308 e. The van der Waals surface area contributed by atoms with E-state index in [2.05, 4.69) is 15.6 Å². The van der Waals surface area contributed by atoms with Gasteiger partial charge in [0.05, 0.1) is 0 Å². The Morgan fingerprint density at radius 1 is 1.11 bits per heavy atom. The first-order valence-electron chi connectivity index (χ1n) is 5.40. The van der Waals surface area contributed by atoms with Crippen LogP contribution >= 0.6 is 11.6 Å². The monoisotopic (exact) mass is 261 g/mol. The maximum Gasteiger partial charge on any atom is 0.324 e. The maximum atomic E-state index is 11.7. The molecular formula is C13H12ClN3O. The van der Waals surface area contributed by atoms with Crippen molar-refractivity contribution in [3.63, 3.8) is 0 Å². The zero-order chi connectivity index (χ0) is 13.0. The molecule has 0 bridgehead atoms. The van der Waals surface area contributed by atoms with Crippen LogP contribution in [0.15, 0.2) is 42.6 Å². The van der Waals surface area contributed by atoms with Gasteiger partial charge < -0.3 is 5.32 Å². The lowest BCUT2D eigenvalue weighted by Crippen LogP contribution is -2.19. The molecule has 2 amide bonds. The van der Waals surface area contributed by atoms with Crippen LogP contribution in [0.1, 0.15) is 5.56 Å². The number of aromatic nitrogens is 1. The maximum absolute atomic E-state index is 11.7. The average Bonchev–Trinajstić information content (AvgIpc) is 2.35. The third-order valence-corrected chi connectivity index (χ3v) is 2.51. The van der Waals surface area contributed by atoms with Crippen molar-refractivity contribution in [2.45, 2.75) is 6.92 Å². The van der Waals surface area contributed by atoms with Crippen molar-refractivity contribution in [1.82, 2.24) is 4.98 Å². The fourth-order valence-corrected chi connectivity index (χ4v) is 1.48. The largest absolute Gasteiger partial charge is 0.324 e. The molecule has 2 aromatic rings. The number of amides is 2. The Balaban J connectivity index is 1.96. The van der Waals surface area contributed by atoms with Crippen LogP contribution < -0.4 is 10.6 Å². The molecule has 2 rings (SSSR count). The van der Waals surface area contributed by atoms with Crippen molar-refractivity contribution in [2.24, 2.45) is 0 Å². The quantitative estimate of drug-likeness (QED) is 0.866. The van der Waals surface area contributed by atoms with E-state index >= 15 is 0 Å². The lowest BCUT2D eigenvalue weighted by Gasteiger charge is -2.07. The smallest absolute Gasteiger partial charge is 0.308 e. The minimum absolute atomic E-state index is 0.339. The first-order chi connectivity index (χ1) is 8.63. The summed E-state index contributed by atoms with van der Waals surface area (Å²) in [5.41, 5.74) is 1.71. The summed E-state index contributed by atoms with van der Waals surface area (Å²) in [4.78, 5) is 15.7. The number of pyridine rings is 1. The number of hydrogen-bond acceptors (Lipinski definition) is 2. The average molecular weight is 262 g/mol. The van der Waals surface area contributed by atoms with E-state index in [1.54, 1.807) is 36.5 Å². The molecule has 0 spiro atoms. The van der Waals surface area contributed by atoms with Gasteiger partial charge in [0.15, 0.2) is 0 Å². The number of hydrogen-bond donors (Lipinski definition) is 2. The number of aryl methyl sites for hydroxylation is 1. The van der Waals surface area contributed by atoms with Gasteiger partial charge in [-0.2, -0.15) is 0 Å². The second-order valence-electron chi connectivity index (χ2n) is 3.81. The number of nitrogens with one attached hydrogen (secondary N) is 2. The molecule has 0 aliphatic rings. The molecule has 0 atom stereocenters. The number of urea groups is 1. The van der Waals surface area contributed by atoms with E-state index in [-0.39, 0.29) is 6.03 Å². The van der Waals surface area contributed by atoms with E-state index in [0.717, 1.165) is 5.56 Å². The molecule has 1 aromatic carbocycles. The molecular weight excluding hydrogens is 250 g/mol. The summed E-state index contributed by atoms with van der Waals surface area (Å²) in [7, 11) is 0. The number of carbonyl (C=O) groups is 1. The van der Waals surface area contributed by atoms with Gasteiger partial charge in [0.2, 0.25) is 0 Å². The Bertz CT molecular complexity index is 488. The topological polar surface area (TPSA) is 54.0 Å². The van der Waals surface area contributed by atoms with Gasteiger partial charge in [-0.1, -0.05) is 17.7 Å². The lowest BCUT2D eigenvalue weighted by molar-refractivity contribution is 0.262. The first-order valence-corrected chi connectivity index (χ1v) is 5.77. The van der Waals surface area contributed by atoms with E-state index in [9.17, 15) is 4.79 Å². The van der Waals surface area contributed by atoms with Gasteiger partial charge in [0, 0.05) is 16.9 Å². The number of benzene rings is 1. The molecule has 0 unspecified atom stereocenters. The van der Waals surface area contributed by atoms with Crippen molar-refractivity contribution >= 4 is 29.1 Å². The van der Waals surface area contributed by atoms with Crippen molar-refractivity contribution in [1.29, 1.82) is 0 Å². The van der Waals surface area contributed by atoms with Gasteiger partial charge in [0.1, 0.15) is 5.82 Å². The predicted molar refractivity (Wildman–Crippen MR) is 73.1 cm³/mol. The molecule has 0 saturated carbocycles. The summed E-state index contributed by atoms with van der Waals surface area (Å²) in [5, 5.41) is 5.95. The SMILES string of the molecule is Cc1ccc(NC(=O)Nc2ccc(Cl)cc2)nc1. The number of nitrogens with zero attached hydrogens (tertiary/aromatic N) is 1. The van der Waals surface area contributed by atoms with Crippen LogP contribution in [0.25, 0.3) is 0 Å². The molecule has 92 valence electrons. The van der Waals surface area contributed by atoms with E-state index in [0.29, 0.717) is 16.5 Å². The molecule has 0 saturated heterocycles. The van der Waals surface area contributed by atoms with E-state index in [1.807, 2.05) is 13.0 Å². The molecule has 0 radical (unpaired) electrons. The zero-order valence-electron chi connectivity index (χ0n) is 9.77. The molecule has 4 nitrogen and oxygen atoms in total. The summed E-state index contributed by atoms with van der Waals surface area (Å²) in [5.74, 6) is 0.507. The third kappa shape index (κ3) is 3.46. The van der Waals surface area contributed by atoms with Crippen LogP contribution in [0.3, 0.4) is 0 Å². The Labute approximate surface area is 110 Å². The third-order valence-electron chi connectivity index (χ3n) is 2.26. The van der Waals surface area contributed by atoms with Crippen LogP contribution in [0.4, 0.5) is 16.3 Å². The summed E-state index contributed by atoms with van der Waals surface area (Å²) in [6, 6.07) is 10.2. The standard InChI is InChI=1S/C13H12ClN3O/c1-9-2-7-12(15-8-9)17-13(18)16-11-5-3-10(14)4-6-11/h2-8H,1H3,(H2,15,16,17,18). The van der Waals surface area contributed by atoms with Gasteiger partial charge in [-0.3, -0.25) is 5.32 Å². The molecule has 18 heavy (non-hydrogen) atoms. The lowest BCUT2D eigenvalue weighted by atomic mass is 10.3. The summed E-state index contributed by atoms with van der Waals surface area (Å²) >= 11 is 5.75. The highest BCUT2D eigenvalue weighted by atomic mass is 35.5. The van der Waals surface area contributed by atoms with Crippen LogP contribution in [0.5, 0.6) is 0 Å². The highest BCUT2D eigenvalue weighted by molar-refractivity contribution is 6.30. The van der Waals surface area contributed by atoms with Crippen molar-refractivity contribution in [3.05, 3.63) is 53.2 Å². The Kier molecular flexibility index (Phi) is 3.79. The second kappa shape index (κ2) is 5.51. The number of carbonyl (C=O) groups excluding carboxylic acids is 1. The molecule has 1 heterocycles. The van der Waals surface area contributed by atoms with Crippen LogP contribution in [-0.2, 0) is 0 Å². The predicted octanol–water partition coefficient (Wildman–Crippen LogP) is 3.69. The van der Waals surface area contributed by atoms with Gasteiger partial charge in [-0.15, -0.1) is 0 Å². The van der Waals surface area contributed by atoms with Gasteiger partial charge in [0.25, 0.3) is 0 Å². The Hall–Kier alpha value is -2.07. The summed E-state index contributed by atoms with van der Waals surface area (Å²) in [6.07, 6.45) is 1.69. The molecule has 2 N–H and O–H groups in total.